The fraction of sp³-hybridized carbons (Fsp3) is 0.571. The van der Waals surface area contributed by atoms with Crippen LogP contribution in [0.2, 0.25) is 0 Å². The fourth-order valence-corrected chi connectivity index (χ4v) is 2.26. The lowest BCUT2D eigenvalue weighted by molar-refractivity contribution is 0.0876. The number of amidine groups is 1. The van der Waals surface area contributed by atoms with Gasteiger partial charge in [0, 0.05) is 18.8 Å². The molecule has 0 unspecified atom stereocenters. The molecule has 0 spiro atoms. The molecule has 0 radical (unpaired) electrons. The lowest BCUT2D eigenvalue weighted by Crippen LogP contribution is -2.40. The number of likely N-dealkylation sites (N-methyl/N-ethyl adjacent to an activating group) is 1. The highest BCUT2D eigenvalue weighted by Crippen LogP contribution is 2.25. The number of pyridine rings is 1. The van der Waals surface area contributed by atoms with Gasteiger partial charge in [-0.15, -0.1) is 0 Å². The standard InChI is InChI=1S/C14H24N4O2/c1-6-18(8-14(4,5)19)11-7-9(2)16-10(3)12(11)13(15)17-20/h7,19-20H,6,8H2,1-5H3,(H2,15,17). The van der Waals surface area contributed by atoms with E-state index >= 15 is 0 Å². The number of rotatable bonds is 5. The summed E-state index contributed by atoms with van der Waals surface area (Å²) < 4.78 is 0. The molecule has 0 aromatic carbocycles. The second-order valence-corrected chi connectivity index (χ2v) is 5.56. The summed E-state index contributed by atoms with van der Waals surface area (Å²) in [7, 11) is 0. The largest absolute Gasteiger partial charge is 0.409 e. The van der Waals surface area contributed by atoms with Crippen LogP contribution in [0.1, 0.15) is 37.7 Å². The van der Waals surface area contributed by atoms with Crippen LogP contribution in [0.4, 0.5) is 5.69 Å². The second kappa shape index (κ2) is 6.09. The van der Waals surface area contributed by atoms with Crippen molar-refractivity contribution in [3.8, 4) is 0 Å². The molecule has 1 aromatic rings. The van der Waals surface area contributed by atoms with E-state index in [1.165, 1.54) is 0 Å². The molecule has 0 amide bonds. The summed E-state index contributed by atoms with van der Waals surface area (Å²) in [5.41, 5.74) is 7.89. The van der Waals surface area contributed by atoms with Gasteiger partial charge in [-0.1, -0.05) is 5.16 Å². The van der Waals surface area contributed by atoms with E-state index in [-0.39, 0.29) is 5.84 Å². The second-order valence-electron chi connectivity index (χ2n) is 5.56. The van der Waals surface area contributed by atoms with E-state index in [4.69, 9.17) is 10.9 Å². The van der Waals surface area contributed by atoms with Crippen molar-refractivity contribution in [2.24, 2.45) is 10.9 Å². The third-order valence-corrected chi connectivity index (χ3v) is 2.97. The minimum absolute atomic E-state index is 0.0270. The summed E-state index contributed by atoms with van der Waals surface area (Å²) in [6, 6.07) is 1.88. The average molecular weight is 280 g/mol. The van der Waals surface area contributed by atoms with Crippen molar-refractivity contribution in [2.45, 2.75) is 40.2 Å². The van der Waals surface area contributed by atoms with Crippen molar-refractivity contribution in [3.63, 3.8) is 0 Å². The van der Waals surface area contributed by atoms with Crippen LogP contribution in [0.15, 0.2) is 11.2 Å². The minimum Gasteiger partial charge on any atom is -0.409 e. The van der Waals surface area contributed by atoms with E-state index in [0.29, 0.717) is 24.3 Å². The molecule has 1 heterocycles. The average Bonchev–Trinajstić information content (AvgIpc) is 2.33. The summed E-state index contributed by atoms with van der Waals surface area (Å²) in [6.07, 6.45) is 0. The zero-order valence-corrected chi connectivity index (χ0v) is 12.8. The van der Waals surface area contributed by atoms with E-state index in [9.17, 15) is 5.11 Å². The van der Waals surface area contributed by atoms with Gasteiger partial charge in [-0.05, 0) is 40.7 Å². The minimum atomic E-state index is -0.844. The van der Waals surface area contributed by atoms with E-state index < -0.39 is 5.60 Å². The predicted molar refractivity (Wildman–Crippen MR) is 80.4 cm³/mol. The van der Waals surface area contributed by atoms with Gasteiger partial charge in [0.05, 0.1) is 22.5 Å². The first-order valence-corrected chi connectivity index (χ1v) is 6.63. The molecule has 0 fully saturated rings. The van der Waals surface area contributed by atoms with Crippen LogP contribution in [0.25, 0.3) is 0 Å². The Balaban J connectivity index is 3.40. The van der Waals surface area contributed by atoms with Crippen LogP contribution < -0.4 is 10.6 Å². The lowest BCUT2D eigenvalue weighted by atomic mass is 10.1. The number of hydrogen-bond acceptors (Lipinski definition) is 5. The van der Waals surface area contributed by atoms with Crippen molar-refractivity contribution in [3.05, 3.63) is 23.0 Å². The maximum Gasteiger partial charge on any atom is 0.174 e. The van der Waals surface area contributed by atoms with Crippen molar-refractivity contribution < 1.29 is 10.3 Å². The third kappa shape index (κ3) is 3.84. The van der Waals surface area contributed by atoms with Gasteiger partial charge < -0.3 is 20.9 Å². The smallest absolute Gasteiger partial charge is 0.174 e. The van der Waals surface area contributed by atoms with E-state index in [1.54, 1.807) is 13.8 Å². The van der Waals surface area contributed by atoms with Crippen molar-refractivity contribution in [1.29, 1.82) is 0 Å². The van der Waals surface area contributed by atoms with Crippen LogP contribution in [0, 0.1) is 13.8 Å². The number of oxime groups is 1. The first kappa shape index (κ1) is 16.2. The van der Waals surface area contributed by atoms with Gasteiger partial charge in [0.25, 0.3) is 0 Å². The maximum absolute atomic E-state index is 10.0. The molecule has 0 saturated heterocycles. The van der Waals surface area contributed by atoms with E-state index in [1.807, 2.05) is 31.7 Å². The normalized spacial score (nSPS) is 12.6. The predicted octanol–water partition coefficient (Wildman–Crippen LogP) is 1.39. The van der Waals surface area contributed by atoms with E-state index in [0.717, 1.165) is 11.4 Å². The number of nitrogens with zero attached hydrogens (tertiary/aromatic N) is 3. The quantitative estimate of drug-likeness (QED) is 0.328. The molecule has 0 aliphatic rings. The molecular weight excluding hydrogens is 256 g/mol. The number of hydrogen-bond donors (Lipinski definition) is 3. The Kier molecular flexibility index (Phi) is 4.94. The maximum atomic E-state index is 10.0. The van der Waals surface area contributed by atoms with Crippen molar-refractivity contribution >= 4 is 11.5 Å². The van der Waals surface area contributed by atoms with Crippen LogP contribution in [0.5, 0.6) is 0 Å². The highest BCUT2D eigenvalue weighted by atomic mass is 16.4. The summed E-state index contributed by atoms with van der Waals surface area (Å²) >= 11 is 0. The molecule has 6 heteroatoms. The molecule has 4 N–H and O–H groups in total. The molecule has 6 nitrogen and oxygen atoms in total. The molecule has 1 rings (SSSR count). The number of aliphatic hydroxyl groups is 1. The molecular formula is C14H24N4O2. The van der Waals surface area contributed by atoms with Gasteiger partial charge in [-0.2, -0.15) is 0 Å². The molecule has 0 bridgehead atoms. The zero-order valence-electron chi connectivity index (χ0n) is 12.8. The molecule has 20 heavy (non-hydrogen) atoms. The Labute approximate surface area is 119 Å². The molecule has 1 aromatic heterocycles. The zero-order chi connectivity index (χ0) is 15.5. The van der Waals surface area contributed by atoms with Gasteiger partial charge in [0.1, 0.15) is 0 Å². The molecule has 112 valence electrons. The van der Waals surface area contributed by atoms with Gasteiger partial charge >= 0.3 is 0 Å². The molecule has 0 saturated carbocycles. The van der Waals surface area contributed by atoms with Gasteiger partial charge in [0.15, 0.2) is 5.84 Å². The fourth-order valence-electron chi connectivity index (χ4n) is 2.26. The Morgan fingerprint density at radius 3 is 2.50 bits per heavy atom. The molecule has 0 atom stereocenters. The van der Waals surface area contributed by atoms with E-state index in [2.05, 4.69) is 10.1 Å². The van der Waals surface area contributed by atoms with Gasteiger partial charge in [0.2, 0.25) is 0 Å². The van der Waals surface area contributed by atoms with Gasteiger partial charge in [-0.25, -0.2) is 0 Å². The monoisotopic (exact) mass is 280 g/mol. The van der Waals surface area contributed by atoms with Crippen molar-refractivity contribution in [1.82, 2.24) is 4.98 Å². The number of anilines is 1. The Morgan fingerprint density at radius 1 is 1.45 bits per heavy atom. The highest BCUT2D eigenvalue weighted by molar-refractivity contribution is 6.03. The van der Waals surface area contributed by atoms with Crippen LogP contribution in [0.3, 0.4) is 0 Å². The molecule has 0 aliphatic heterocycles. The summed E-state index contributed by atoms with van der Waals surface area (Å²) in [6.45, 7) is 10.3. The third-order valence-electron chi connectivity index (χ3n) is 2.97. The summed E-state index contributed by atoms with van der Waals surface area (Å²) in [4.78, 5) is 6.35. The Morgan fingerprint density at radius 2 is 2.05 bits per heavy atom. The number of aromatic nitrogens is 1. The first-order valence-electron chi connectivity index (χ1n) is 6.63. The first-order chi connectivity index (χ1) is 9.19. The summed E-state index contributed by atoms with van der Waals surface area (Å²) in [5, 5.41) is 22.1. The van der Waals surface area contributed by atoms with Crippen LogP contribution in [-0.2, 0) is 0 Å². The van der Waals surface area contributed by atoms with Crippen LogP contribution in [-0.4, -0.2) is 39.8 Å². The van der Waals surface area contributed by atoms with Crippen molar-refractivity contribution in [2.75, 3.05) is 18.0 Å². The topological polar surface area (TPSA) is 95.0 Å². The summed E-state index contributed by atoms with van der Waals surface area (Å²) in [5.74, 6) is 0.0270. The SMILES string of the molecule is CCN(CC(C)(C)O)c1cc(C)nc(C)c1/C(N)=N/O. The van der Waals surface area contributed by atoms with Crippen LogP contribution >= 0.6 is 0 Å². The van der Waals surface area contributed by atoms with Gasteiger partial charge in [-0.3, -0.25) is 4.98 Å². The Bertz CT molecular complexity index is 507. The lowest BCUT2D eigenvalue weighted by Gasteiger charge is -2.31. The molecule has 0 aliphatic carbocycles. The Hall–Kier alpha value is -1.82. The highest BCUT2D eigenvalue weighted by Gasteiger charge is 2.22. The number of nitrogens with two attached hydrogens (primary N) is 1. The number of aryl methyl sites for hydroxylation is 2.